The number of nitrogens with one attached hydrogen (secondary N) is 1. The topological polar surface area (TPSA) is 136 Å². The van der Waals surface area contributed by atoms with Gasteiger partial charge in [0.15, 0.2) is 6.10 Å². The van der Waals surface area contributed by atoms with Crippen molar-refractivity contribution in [1.29, 1.82) is 0 Å². The first-order valence-corrected chi connectivity index (χ1v) is 9.07. The normalized spacial score (nSPS) is 12.3. The highest BCUT2D eigenvalue weighted by Gasteiger charge is 2.21. The monoisotopic (exact) mass is 378 g/mol. The molecule has 8 nitrogen and oxygen atoms in total. The number of aryl methyl sites for hydroxylation is 1. The molecular weight excluding hydrogens is 360 g/mol. The molecule has 0 aliphatic heterocycles. The lowest BCUT2D eigenvalue weighted by atomic mass is 10.1. The van der Waals surface area contributed by atoms with Crippen molar-refractivity contribution >= 4 is 27.6 Å². The van der Waals surface area contributed by atoms with E-state index in [4.69, 9.17) is 9.88 Å². The fraction of sp³-hybridized carbons (Fsp3) is 0.176. The van der Waals surface area contributed by atoms with E-state index >= 15 is 0 Å². The highest BCUT2D eigenvalue weighted by Crippen LogP contribution is 2.22. The smallest absolute Gasteiger partial charge is 0.342 e. The molecule has 138 valence electrons. The molecular formula is C17H18N2O6S. The minimum Gasteiger partial charge on any atom is -0.507 e. The average molecular weight is 378 g/mol. The third-order valence-electron chi connectivity index (χ3n) is 3.56. The lowest BCUT2D eigenvalue weighted by molar-refractivity contribution is -0.123. The molecule has 0 heterocycles. The molecule has 0 aliphatic carbocycles. The minimum atomic E-state index is -3.82. The lowest BCUT2D eigenvalue weighted by Gasteiger charge is -2.14. The van der Waals surface area contributed by atoms with Gasteiger partial charge >= 0.3 is 5.97 Å². The molecule has 0 aliphatic rings. The van der Waals surface area contributed by atoms with Gasteiger partial charge in [-0.3, -0.25) is 4.79 Å². The Morgan fingerprint density at radius 1 is 1.15 bits per heavy atom. The van der Waals surface area contributed by atoms with Gasteiger partial charge in [-0.25, -0.2) is 18.4 Å². The molecule has 0 spiro atoms. The van der Waals surface area contributed by atoms with Gasteiger partial charge in [-0.2, -0.15) is 0 Å². The van der Waals surface area contributed by atoms with Gasteiger partial charge in [0, 0.05) is 5.69 Å². The van der Waals surface area contributed by atoms with Gasteiger partial charge in [0.05, 0.1) is 4.90 Å². The van der Waals surface area contributed by atoms with E-state index in [-0.39, 0.29) is 16.2 Å². The predicted octanol–water partition coefficient (Wildman–Crippen LogP) is 1.53. The second-order valence-corrected chi connectivity index (χ2v) is 7.14. The number of benzene rings is 2. The van der Waals surface area contributed by atoms with Crippen LogP contribution in [0.25, 0.3) is 0 Å². The number of aromatic hydroxyl groups is 1. The number of amides is 1. The van der Waals surface area contributed by atoms with Crippen molar-refractivity contribution in [3.63, 3.8) is 0 Å². The molecule has 1 amide bonds. The molecule has 0 saturated carbocycles. The van der Waals surface area contributed by atoms with E-state index in [0.717, 1.165) is 0 Å². The van der Waals surface area contributed by atoms with E-state index < -0.39 is 28.0 Å². The van der Waals surface area contributed by atoms with E-state index in [1.165, 1.54) is 37.3 Å². The fourth-order valence-electron chi connectivity index (χ4n) is 2.07. The van der Waals surface area contributed by atoms with Gasteiger partial charge in [0.1, 0.15) is 11.3 Å². The summed E-state index contributed by atoms with van der Waals surface area (Å²) in [6.07, 6.45) is -1.14. The summed E-state index contributed by atoms with van der Waals surface area (Å²) in [6.45, 7) is 3.01. The number of hydrogen-bond donors (Lipinski definition) is 3. The Bertz CT molecular complexity index is 938. The number of anilines is 1. The SMILES string of the molecule is Cc1cccc(C(=O)O[C@H](C)C(=O)Nc2ccc(S(N)(=O)=O)cc2)c1O. The number of esters is 1. The van der Waals surface area contributed by atoms with Crippen LogP contribution < -0.4 is 10.5 Å². The van der Waals surface area contributed by atoms with Crippen LogP contribution in [0, 0.1) is 6.92 Å². The van der Waals surface area contributed by atoms with Crippen molar-refractivity contribution in [3.05, 3.63) is 53.6 Å². The molecule has 0 unspecified atom stereocenters. The zero-order valence-electron chi connectivity index (χ0n) is 14.1. The van der Waals surface area contributed by atoms with Crippen molar-refractivity contribution in [2.24, 2.45) is 5.14 Å². The van der Waals surface area contributed by atoms with Crippen molar-refractivity contribution in [2.75, 3.05) is 5.32 Å². The lowest BCUT2D eigenvalue weighted by Crippen LogP contribution is -2.30. The maximum Gasteiger partial charge on any atom is 0.342 e. The van der Waals surface area contributed by atoms with Gasteiger partial charge in [-0.15, -0.1) is 0 Å². The number of sulfonamides is 1. The van der Waals surface area contributed by atoms with Gasteiger partial charge in [0.25, 0.3) is 5.91 Å². The average Bonchev–Trinajstić information content (AvgIpc) is 2.56. The summed E-state index contributed by atoms with van der Waals surface area (Å²) in [4.78, 5) is 24.1. The number of rotatable bonds is 5. The fourth-order valence-corrected chi connectivity index (χ4v) is 2.59. The second-order valence-electron chi connectivity index (χ2n) is 5.58. The zero-order valence-corrected chi connectivity index (χ0v) is 14.9. The van der Waals surface area contributed by atoms with Crippen molar-refractivity contribution in [3.8, 4) is 5.75 Å². The van der Waals surface area contributed by atoms with Crippen molar-refractivity contribution in [2.45, 2.75) is 24.8 Å². The van der Waals surface area contributed by atoms with Gasteiger partial charge < -0.3 is 15.2 Å². The van der Waals surface area contributed by atoms with Crippen LogP contribution in [-0.4, -0.2) is 31.5 Å². The van der Waals surface area contributed by atoms with E-state index in [9.17, 15) is 23.1 Å². The molecule has 0 saturated heterocycles. The van der Waals surface area contributed by atoms with Crippen LogP contribution in [-0.2, 0) is 19.6 Å². The first-order chi connectivity index (χ1) is 12.1. The van der Waals surface area contributed by atoms with E-state index in [0.29, 0.717) is 11.3 Å². The Labute approximate surface area is 150 Å². The molecule has 0 radical (unpaired) electrons. The quantitative estimate of drug-likeness (QED) is 0.675. The van der Waals surface area contributed by atoms with Crippen molar-refractivity contribution < 1.29 is 27.9 Å². The number of carbonyl (C=O) groups excluding carboxylic acids is 2. The number of ether oxygens (including phenoxy) is 1. The summed E-state index contributed by atoms with van der Waals surface area (Å²) in [5, 5.41) is 17.4. The summed E-state index contributed by atoms with van der Waals surface area (Å²) in [5.74, 6) is -1.66. The first-order valence-electron chi connectivity index (χ1n) is 7.53. The predicted molar refractivity (Wildman–Crippen MR) is 94.2 cm³/mol. The van der Waals surface area contributed by atoms with Crippen LogP contribution in [0.4, 0.5) is 5.69 Å². The van der Waals surface area contributed by atoms with Crippen LogP contribution in [0.2, 0.25) is 0 Å². The molecule has 2 aromatic carbocycles. The Morgan fingerprint density at radius 2 is 1.77 bits per heavy atom. The summed E-state index contributed by atoms with van der Waals surface area (Å²) in [7, 11) is -3.82. The van der Waals surface area contributed by atoms with Crippen molar-refractivity contribution in [1.82, 2.24) is 0 Å². The highest BCUT2D eigenvalue weighted by atomic mass is 32.2. The molecule has 0 bridgehead atoms. The van der Waals surface area contributed by atoms with E-state index in [1.54, 1.807) is 19.1 Å². The van der Waals surface area contributed by atoms with Crippen LogP contribution >= 0.6 is 0 Å². The molecule has 2 aromatic rings. The number of phenolic OH excluding ortho intramolecular Hbond substituents is 1. The standard InChI is InChI=1S/C17H18N2O6S/c1-10-4-3-5-14(15(10)20)17(22)25-11(2)16(21)19-12-6-8-13(9-7-12)26(18,23)24/h3-9,11,20H,1-2H3,(H,19,21)(H2,18,23,24)/t11-/m1/s1. The van der Waals surface area contributed by atoms with E-state index in [1.807, 2.05) is 0 Å². The van der Waals surface area contributed by atoms with Crippen LogP contribution in [0.5, 0.6) is 5.75 Å². The second kappa shape index (κ2) is 7.54. The zero-order chi connectivity index (χ0) is 19.5. The molecule has 1 atom stereocenters. The van der Waals surface area contributed by atoms with Gasteiger partial charge in [-0.05, 0) is 49.7 Å². The largest absolute Gasteiger partial charge is 0.507 e. The third-order valence-corrected chi connectivity index (χ3v) is 4.49. The molecule has 4 N–H and O–H groups in total. The Hall–Kier alpha value is -2.91. The molecule has 26 heavy (non-hydrogen) atoms. The Balaban J connectivity index is 2.03. The van der Waals surface area contributed by atoms with Crippen LogP contribution in [0.15, 0.2) is 47.4 Å². The summed E-state index contributed by atoms with van der Waals surface area (Å²) < 4.78 is 27.4. The molecule has 0 aromatic heterocycles. The van der Waals surface area contributed by atoms with E-state index in [2.05, 4.69) is 5.32 Å². The maximum absolute atomic E-state index is 12.1. The molecule has 2 rings (SSSR count). The number of hydrogen-bond acceptors (Lipinski definition) is 6. The highest BCUT2D eigenvalue weighted by molar-refractivity contribution is 7.89. The third kappa shape index (κ3) is 4.58. The summed E-state index contributed by atoms with van der Waals surface area (Å²) >= 11 is 0. The van der Waals surface area contributed by atoms with Crippen LogP contribution in [0.3, 0.4) is 0 Å². The Kier molecular flexibility index (Phi) is 5.63. The number of primary sulfonamides is 1. The van der Waals surface area contributed by atoms with Gasteiger partial charge in [0.2, 0.25) is 10.0 Å². The maximum atomic E-state index is 12.1. The minimum absolute atomic E-state index is 0.0397. The number of nitrogens with two attached hydrogens (primary N) is 1. The molecule has 9 heteroatoms. The number of phenols is 1. The molecule has 0 fully saturated rings. The van der Waals surface area contributed by atoms with Crippen LogP contribution in [0.1, 0.15) is 22.8 Å². The summed E-state index contributed by atoms with van der Waals surface area (Å²) in [5.41, 5.74) is 0.775. The first kappa shape index (κ1) is 19.4. The summed E-state index contributed by atoms with van der Waals surface area (Å²) in [6, 6.07) is 9.81. The number of para-hydroxylation sites is 1. The number of carbonyl (C=O) groups is 2. The van der Waals surface area contributed by atoms with Gasteiger partial charge in [-0.1, -0.05) is 12.1 Å². The Morgan fingerprint density at radius 3 is 2.35 bits per heavy atom.